The molecule has 0 fully saturated rings. The smallest absolute Gasteiger partial charge is 0.132 e. The largest absolute Gasteiger partial charge is 0.457 e. The Morgan fingerprint density at radius 3 is 1.62 bits per heavy atom. The minimum atomic E-state index is -0.693. The van der Waals surface area contributed by atoms with Crippen LogP contribution >= 0.6 is 0 Å². The number of nitrogens with one attached hydrogen (secondary N) is 1. The monoisotopic (exact) mass is 667 g/mol. The number of ether oxygens (including phenoxy) is 2. The average Bonchev–Trinajstić information content (AvgIpc) is 3.21. The highest BCUT2D eigenvalue weighted by Crippen LogP contribution is 2.62. The van der Waals surface area contributed by atoms with E-state index in [2.05, 4.69) is 175 Å². The number of hydrogen-bond donors (Lipinski definition) is 1. The average molecular weight is 668 g/mol. The van der Waals surface area contributed by atoms with Crippen LogP contribution in [0.1, 0.15) is 22.3 Å². The van der Waals surface area contributed by atoms with Gasteiger partial charge in [0, 0.05) is 39.2 Å². The third kappa shape index (κ3) is 4.74. The number of anilines is 2. The van der Waals surface area contributed by atoms with Crippen LogP contribution in [0.3, 0.4) is 0 Å². The van der Waals surface area contributed by atoms with Gasteiger partial charge < -0.3 is 14.8 Å². The van der Waals surface area contributed by atoms with E-state index >= 15 is 0 Å². The van der Waals surface area contributed by atoms with E-state index < -0.39 is 5.41 Å². The van der Waals surface area contributed by atoms with Crippen molar-refractivity contribution in [3.05, 3.63) is 216 Å². The van der Waals surface area contributed by atoms with E-state index in [1.54, 1.807) is 0 Å². The highest BCUT2D eigenvalue weighted by molar-refractivity contribution is 5.91. The molecule has 246 valence electrons. The summed E-state index contributed by atoms with van der Waals surface area (Å²) in [6, 6.07) is 68.3. The zero-order chi connectivity index (χ0) is 34.5. The predicted molar refractivity (Wildman–Crippen MR) is 211 cm³/mol. The van der Waals surface area contributed by atoms with E-state index in [9.17, 15) is 0 Å². The summed E-state index contributed by atoms with van der Waals surface area (Å²) in [5.74, 6) is 3.36. The molecule has 0 saturated carbocycles. The SMILES string of the molecule is c1ccc(Nc2ccccc2-c2ccccc2-c2ccc3c(c2)C2(c4ccccc4Oc4ccccc42)c2ccc(-c4ccccc4)cc2O3)cc1. The minimum absolute atomic E-state index is 0.693. The molecular weight excluding hydrogens is 635 g/mol. The molecule has 2 aliphatic rings. The second-order valence-electron chi connectivity index (χ2n) is 13.3. The molecule has 0 unspecified atom stereocenters. The van der Waals surface area contributed by atoms with Gasteiger partial charge in [0.1, 0.15) is 23.0 Å². The lowest BCUT2D eigenvalue weighted by Gasteiger charge is -2.45. The van der Waals surface area contributed by atoms with Gasteiger partial charge in [-0.3, -0.25) is 0 Å². The van der Waals surface area contributed by atoms with Gasteiger partial charge in [-0.05, 0) is 76.3 Å². The van der Waals surface area contributed by atoms with Gasteiger partial charge in [-0.2, -0.15) is 0 Å². The molecule has 8 aromatic carbocycles. The molecule has 10 rings (SSSR count). The van der Waals surface area contributed by atoms with Crippen LogP contribution in [0.2, 0.25) is 0 Å². The molecule has 8 aromatic rings. The molecule has 1 N–H and O–H groups in total. The first-order valence-electron chi connectivity index (χ1n) is 17.7. The van der Waals surface area contributed by atoms with E-state index in [0.29, 0.717) is 0 Å². The first-order valence-corrected chi connectivity index (χ1v) is 17.7. The van der Waals surface area contributed by atoms with Crippen LogP contribution in [0.25, 0.3) is 33.4 Å². The summed E-state index contributed by atoms with van der Waals surface area (Å²) in [5.41, 5.74) is 12.5. The lowest BCUT2D eigenvalue weighted by Crippen LogP contribution is -2.36. The van der Waals surface area contributed by atoms with Crippen molar-refractivity contribution in [3.8, 4) is 56.4 Å². The van der Waals surface area contributed by atoms with Crippen molar-refractivity contribution in [1.29, 1.82) is 0 Å². The van der Waals surface area contributed by atoms with Crippen molar-refractivity contribution in [2.24, 2.45) is 0 Å². The van der Waals surface area contributed by atoms with Crippen LogP contribution in [0.4, 0.5) is 11.4 Å². The van der Waals surface area contributed by atoms with E-state index in [4.69, 9.17) is 9.47 Å². The van der Waals surface area contributed by atoms with Crippen LogP contribution in [-0.4, -0.2) is 0 Å². The molecule has 0 amide bonds. The summed E-state index contributed by atoms with van der Waals surface area (Å²) in [6.45, 7) is 0. The van der Waals surface area contributed by atoms with Gasteiger partial charge in [-0.25, -0.2) is 0 Å². The summed E-state index contributed by atoms with van der Waals surface area (Å²) in [6.07, 6.45) is 0. The number of rotatable bonds is 5. The Labute approximate surface area is 303 Å². The van der Waals surface area contributed by atoms with Gasteiger partial charge in [0.25, 0.3) is 0 Å². The third-order valence-corrected chi connectivity index (χ3v) is 10.4. The Hall–Kier alpha value is -6.84. The summed E-state index contributed by atoms with van der Waals surface area (Å²) < 4.78 is 13.6. The highest BCUT2D eigenvalue weighted by Gasteiger charge is 2.50. The number of benzene rings is 8. The molecule has 0 aliphatic carbocycles. The van der Waals surface area contributed by atoms with Crippen molar-refractivity contribution in [2.45, 2.75) is 5.41 Å². The number of fused-ring (bicyclic) bond motifs is 8. The Balaban J connectivity index is 1.21. The van der Waals surface area contributed by atoms with Crippen molar-refractivity contribution >= 4 is 11.4 Å². The summed E-state index contributed by atoms with van der Waals surface area (Å²) >= 11 is 0. The fourth-order valence-electron chi connectivity index (χ4n) is 8.12. The van der Waals surface area contributed by atoms with Crippen molar-refractivity contribution < 1.29 is 9.47 Å². The van der Waals surface area contributed by atoms with E-state index in [0.717, 1.165) is 90.0 Å². The first-order chi connectivity index (χ1) is 25.8. The fraction of sp³-hybridized carbons (Fsp3) is 0.0204. The lowest BCUT2D eigenvalue weighted by molar-refractivity contribution is 0.399. The third-order valence-electron chi connectivity index (χ3n) is 10.4. The molecule has 2 heterocycles. The van der Waals surface area contributed by atoms with Gasteiger partial charge in [0.15, 0.2) is 0 Å². The van der Waals surface area contributed by atoms with Crippen molar-refractivity contribution in [3.63, 3.8) is 0 Å². The molecule has 1 spiro atoms. The van der Waals surface area contributed by atoms with E-state index in [1.807, 2.05) is 24.3 Å². The molecule has 0 bridgehead atoms. The van der Waals surface area contributed by atoms with Crippen LogP contribution in [0.5, 0.6) is 23.0 Å². The van der Waals surface area contributed by atoms with Crippen molar-refractivity contribution in [1.82, 2.24) is 0 Å². The molecule has 0 atom stereocenters. The van der Waals surface area contributed by atoms with Gasteiger partial charge >= 0.3 is 0 Å². The Kier molecular flexibility index (Phi) is 7.04. The van der Waals surface area contributed by atoms with Crippen LogP contribution in [0, 0.1) is 0 Å². The quantitative estimate of drug-likeness (QED) is 0.198. The van der Waals surface area contributed by atoms with E-state index in [1.165, 1.54) is 0 Å². The predicted octanol–water partition coefficient (Wildman–Crippen LogP) is 13.0. The standard InChI is InChI=1S/C49H33NO2/c1-3-15-33(16-4-1)34-27-29-42-48(32-34)52-47-30-28-35(31-43(47)49(42)40-22-10-13-25-45(40)51-46-26-14-11-23-41(46)49)37-19-7-8-20-38(37)39-21-9-12-24-44(39)50-36-17-5-2-6-18-36/h1-32,50H. The molecule has 2 aliphatic heterocycles. The van der Waals surface area contributed by atoms with Crippen LogP contribution in [0.15, 0.2) is 194 Å². The minimum Gasteiger partial charge on any atom is -0.457 e. The normalized spacial score (nSPS) is 13.1. The maximum atomic E-state index is 6.94. The molecule has 52 heavy (non-hydrogen) atoms. The molecule has 0 saturated heterocycles. The number of para-hydroxylation sites is 4. The fourth-order valence-corrected chi connectivity index (χ4v) is 8.12. The second-order valence-corrected chi connectivity index (χ2v) is 13.3. The molecule has 3 nitrogen and oxygen atoms in total. The van der Waals surface area contributed by atoms with Gasteiger partial charge in [-0.15, -0.1) is 0 Å². The zero-order valence-electron chi connectivity index (χ0n) is 28.3. The van der Waals surface area contributed by atoms with Crippen LogP contribution < -0.4 is 14.8 Å². The van der Waals surface area contributed by atoms with Gasteiger partial charge in [0.2, 0.25) is 0 Å². The summed E-state index contributed by atoms with van der Waals surface area (Å²) in [7, 11) is 0. The first kappa shape index (κ1) is 30.0. The Bertz CT molecular complexity index is 2570. The Morgan fingerprint density at radius 1 is 0.327 bits per heavy atom. The topological polar surface area (TPSA) is 30.5 Å². The lowest BCUT2D eigenvalue weighted by atomic mass is 9.62. The second kappa shape index (κ2) is 12.2. The van der Waals surface area contributed by atoms with Crippen LogP contribution in [-0.2, 0) is 5.41 Å². The maximum absolute atomic E-state index is 6.94. The summed E-state index contributed by atoms with van der Waals surface area (Å²) in [4.78, 5) is 0. The maximum Gasteiger partial charge on any atom is 0.132 e. The number of hydrogen-bond acceptors (Lipinski definition) is 3. The zero-order valence-corrected chi connectivity index (χ0v) is 28.3. The van der Waals surface area contributed by atoms with Gasteiger partial charge in [-0.1, -0.05) is 146 Å². The molecule has 0 radical (unpaired) electrons. The molecular formula is C49H33NO2. The highest BCUT2D eigenvalue weighted by atomic mass is 16.5. The van der Waals surface area contributed by atoms with Crippen molar-refractivity contribution in [2.75, 3.05) is 5.32 Å². The van der Waals surface area contributed by atoms with E-state index in [-0.39, 0.29) is 0 Å². The summed E-state index contributed by atoms with van der Waals surface area (Å²) in [5, 5.41) is 3.66. The molecule has 3 heteroatoms. The Morgan fingerprint density at radius 2 is 0.865 bits per heavy atom. The molecule has 0 aromatic heterocycles. The van der Waals surface area contributed by atoms with Gasteiger partial charge in [0.05, 0.1) is 5.41 Å².